The molecular weight excluding hydrogens is 294 g/mol. The Labute approximate surface area is 135 Å². The van der Waals surface area contributed by atoms with Crippen LogP contribution in [0.3, 0.4) is 0 Å². The molecule has 0 aromatic carbocycles. The predicted octanol–water partition coefficient (Wildman–Crippen LogP) is 0.529. The quantitative estimate of drug-likeness (QED) is 0.812. The molecule has 0 bridgehead atoms. The number of carbonyl (C=O) groups is 2. The molecule has 2 saturated heterocycles. The van der Waals surface area contributed by atoms with Gasteiger partial charge in [0.25, 0.3) is 0 Å². The Kier molecular flexibility index (Phi) is 3.58. The number of hydrogen-bond donors (Lipinski definition) is 0. The first-order valence-corrected chi connectivity index (χ1v) is 8.58. The molecule has 2 amide bonds. The highest BCUT2D eigenvalue weighted by atomic mass is 16.2. The summed E-state index contributed by atoms with van der Waals surface area (Å²) < 4.78 is 1.54. The van der Waals surface area contributed by atoms with Crippen molar-refractivity contribution in [2.75, 3.05) is 26.2 Å². The van der Waals surface area contributed by atoms with E-state index in [0.717, 1.165) is 38.3 Å². The summed E-state index contributed by atoms with van der Waals surface area (Å²) in [5, 5.41) is 7.56. The monoisotopic (exact) mass is 317 g/mol. The van der Waals surface area contributed by atoms with Crippen LogP contribution in [0.25, 0.3) is 0 Å². The van der Waals surface area contributed by atoms with E-state index < -0.39 is 0 Å². The van der Waals surface area contributed by atoms with Gasteiger partial charge in [-0.15, -0.1) is 5.10 Å². The molecule has 1 aliphatic carbocycles. The lowest BCUT2D eigenvalue weighted by Crippen LogP contribution is -2.51. The van der Waals surface area contributed by atoms with Gasteiger partial charge >= 0.3 is 0 Å². The molecule has 3 fully saturated rings. The molecule has 7 nitrogen and oxygen atoms in total. The van der Waals surface area contributed by atoms with E-state index in [0.29, 0.717) is 13.1 Å². The Morgan fingerprint density at radius 3 is 2.91 bits per heavy atom. The predicted molar refractivity (Wildman–Crippen MR) is 82.2 cm³/mol. The van der Waals surface area contributed by atoms with Crippen molar-refractivity contribution in [2.45, 2.75) is 38.6 Å². The molecule has 4 rings (SSSR count). The van der Waals surface area contributed by atoms with Crippen LogP contribution in [0.4, 0.5) is 0 Å². The van der Waals surface area contributed by atoms with Crippen LogP contribution >= 0.6 is 0 Å². The zero-order valence-corrected chi connectivity index (χ0v) is 13.4. The lowest BCUT2D eigenvalue weighted by atomic mass is 9.78. The van der Waals surface area contributed by atoms with Crippen molar-refractivity contribution in [1.82, 2.24) is 24.8 Å². The molecule has 124 valence electrons. The van der Waals surface area contributed by atoms with E-state index in [4.69, 9.17) is 0 Å². The maximum absolute atomic E-state index is 13.0. The van der Waals surface area contributed by atoms with Crippen molar-refractivity contribution >= 4 is 11.8 Å². The fourth-order valence-corrected chi connectivity index (χ4v) is 3.96. The maximum atomic E-state index is 13.0. The van der Waals surface area contributed by atoms with Gasteiger partial charge in [-0.3, -0.25) is 9.59 Å². The van der Waals surface area contributed by atoms with Crippen LogP contribution in [0.5, 0.6) is 0 Å². The highest BCUT2D eigenvalue weighted by molar-refractivity contribution is 5.86. The number of aromatic nitrogens is 3. The summed E-state index contributed by atoms with van der Waals surface area (Å²) in [7, 11) is 0. The van der Waals surface area contributed by atoms with Gasteiger partial charge in [0, 0.05) is 32.4 Å². The normalized spacial score (nSPS) is 27.9. The molecule has 2 aliphatic heterocycles. The van der Waals surface area contributed by atoms with Crippen molar-refractivity contribution < 1.29 is 9.59 Å². The van der Waals surface area contributed by atoms with E-state index in [2.05, 4.69) is 15.2 Å². The molecule has 23 heavy (non-hydrogen) atoms. The second-order valence-corrected chi connectivity index (χ2v) is 7.24. The third-order valence-electron chi connectivity index (χ3n) is 5.48. The minimum absolute atomic E-state index is 0.0273. The van der Waals surface area contributed by atoms with Crippen LogP contribution in [0, 0.1) is 11.3 Å². The molecule has 0 radical (unpaired) electrons. The van der Waals surface area contributed by atoms with E-state index in [1.165, 1.54) is 17.5 Å². The van der Waals surface area contributed by atoms with E-state index in [-0.39, 0.29) is 23.8 Å². The molecule has 1 atom stereocenters. The largest absolute Gasteiger partial charge is 0.342 e. The highest BCUT2D eigenvalue weighted by Gasteiger charge is 2.49. The summed E-state index contributed by atoms with van der Waals surface area (Å²) in [6, 6.07) is 0. The standard InChI is InChI=1S/C16H23N5O2/c22-14(11-21-9-6-17-18-21)20-8-5-16(12-20)4-1-7-19(15(16)23)10-13-2-3-13/h6,9,13H,1-5,7-8,10-12H2/t16-/m1/s1. The second-order valence-electron chi connectivity index (χ2n) is 7.24. The highest BCUT2D eigenvalue weighted by Crippen LogP contribution is 2.41. The molecule has 0 N–H and O–H groups in total. The van der Waals surface area contributed by atoms with Gasteiger partial charge in [-0.25, -0.2) is 4.68 Å². The zero-order chi connectivity index (χ0) is 15.9. The molecule has 1 saturated carbocycles. The minimum atomic E-state index is -0.328. The summed E-state index contributed by atoms with van der Waals surface area (Å²) >= 11 is 0. The summed E-state index contributed by atoms with van der Waals surface area (Å²) in [5.41, 5.74) is -0.328. The first kappa shape index (κ1) is 14.7. The molecule has 0 unspecified atom stereocenters. The zero-order valence-electron chi connectivity index (χ0n) is 13.4. The van der Waals surface area contributed by atoms with Gasteiger partial charge < -0.3 is 9.80 Å². The first-order chi connectivity index (χ1) is 11.2. The van der Waals surface area contributed by atoms with Crippen molar-refractivity contribution in [3.63, 3.8) is 0 Å². The first-order valence-electron chi connectivity index (χ1n) is 8.58. The summed E-state index contributed by atoms with van der Waals surface area (Å²) in [4.78, 5) is 29.3. The Balaban J connectivity index is 1.41. The summed E-state index contributed by atoms with van der Waals surface area (Å²) in [6.45, 7) is 3.27. The number of rotatable bonds is 4. The molecule has 1 spiro atoms. The number of likely N-dealkylation sites (tertiary alicyclic amines) is 2. The van der Waals surface area contributed by atoms with Crippen molar-refractivity contribution in [3.05, 3.63) is 12.4 Å². The Bertz CT molecular complexity index is 598. The molecule has 1 aromatic rings. The average Bonchev–Trinajstić information content (AvgIpc) is 3.03. The second kappa shape index (κ2) is 5.62. The molecule has 7 heteroatoms. The van der Waals surface area contributed by atoms with Gasteiger partial charge in [0.1, 0.15) is 6.54 Å². The fraction of sp³-hybridized carbons (Fsp3) is 0.750. The van der Waals surface area contributed by atoms with Crippen molar-refractivity contribution in [3.8, 4) is 0 Å². The van der Waals surface area contributed by atoms with E-state index in [1.54, 1.807) is 12.4 Å². The third kappa shape index (κ3) is 2.84. The smallest absolute Gasteiger partial charge is 0.244 e. The van der Waals surface area contributed by atoms with Crippen molar-refractivity contribution in [1.29, 1.82) is 0 Å². The lowest BCUT2D eigenvalue weighted by molar-refractivity contribution is -0.146. The fourth-order valence-electron chi connectivity index (χ4n) is 3.96. The number of carbonyl (C=O) groups excluding carboxylic acids is 2. The summed E-state index contributed by atoms with van der Waals surface area (Å²) in [5.74, 6) is 1.03. The molecule has 1 aromatic heterocycles. The SMILES string of the molecule is O=C(Cn1ccnn1)N1CC[C@]2(CCCN(CC3CC3)C2=O)C1. The lowest BCUT2D eigenvalue weighted by Gasteiger charge is -2.39. The van der Waals surface area contributed by atoms with Crippen LogP contribution in [-0.2, 0) is 16.1 Å². The van der Waals surface area contributed by atoms with Gasteiger partial charge in [-0.05, 0) is 38.0 Å². The molecule has 3 heterocycles. The van der Waals surface area contributed by atoms with Crippen LogP contribution in [0.2, 0.25) is 0 Å². The Hall–Kier alpha value is -1.92. The minimum Gasteiger partial charge on any atom is -0.342 e. The number of hydrogen-bond acceptors (Lipinski definition) is 4. The summed E-state index contributed by atoms with van der Waals surface area (Å²) in [6.07, 6.45) is 8.56. The van der Waals surface area contributed by atoms with E-state index in [1.807, 2.05) is 4.90 Å². The maximum Gasteiger partial charge on any atom is 0.244 e. The molecular formula is C16H23N5O2. The van der Waals surface area contributed by atoms with Gasteiger partial charge in [0.05, 0.1) is 11.6 Å². The van der Waals surface area contributed by atoms with Crippen LogP contribution in [0.15, 0.2) is 12.4 Å². The van der Waals surface area contributed by atoms with Crippen LogP contribution < -0.4 is 0 Å². The Morgan fingerprint density at radius 1 is 1.30 bits per heavy atom. The number of nitrogens with zero attached hydrogens (tertiary/aromatic N) is 5. The Morgan fingerprint density at radius 2 is 2.17 bits per heavy atom. The topological polar surface area (TPSA) is 71.3 Å². The van der Waals surface area contributed by atoms with Crippen molar-refractivity contribution in [2.24, 2.45) is 11.3 Å². The van der Waals surface area contributed by atoms with E-state index in [9.17, 15) is 9.59 Å². The molecule has 3 aliphatic rings. The van der Waals surface area contributed by atoms with Crippen LogP contribution in [0.1, 0.15) is 32.1 Å². The van der Waals surface area contributed by atoms with Crippen LogP contribution in [-0.4, -0.2) is 62.8 Å². The van der Waals surface area contributed by atoms with Gasteiger partial charge in [-0.1, -0.05) is 5.21 Å². The van der Waals surface area contributed by atoms with Gasteiger partial charge in [0.2, 0.25) is 11.8 Å². The number of piperidine rings is 1. The van der Waals surface area contributed by atoms with Gasteiger partial charge in [0.15, 0.2) is 0 Å². The number of amides is 2. The van der Waals surface area contributed by atoms with E-state index >= 15 is 0 Å². The third-order valence-corrected chi connectivity index (χ3v) is 5.48. The average molecular weight is 317 g/mol. The van der Waals surface area contributed by atoms with Gasteiger partial charge in [-0.2, -0.15) is 0 Å².